The summed E-state index contributed by atoms with van der Waals surface area (Å²) in [6, 6.07) is 7.43. The lowest BCUT2D eigenvalue weighted by molar-refractivity contribution is -0.154. The summed E-state index contributed by atoms with van der Waals surface area (Å²) >= 11 is 0. The molecular formula is C34H55N3O6. The van der Waals surface area contributed by atoms with Crippen molar-refractivity contribution >= 4 is 23.8 Å². The van der Waals surface area contributed by atoms with E-state index >= 15 is 0 Å². The highest BCUT2D eigenvalue weighted by atomic mass is 16.6. The molecule has 3 atom stereocenters. The van der Waals surface area contributed by atoms with Crippen LogP contribution in [0.2, 0.25) is 0 Å². The number of amides is 2. The van der Waals surface area contributed by atoms with E-state index in [1.165, 1.54) is 0 Å². The van der Waals surface area contributed by atoms with Crippen LogP contribution in [-0.2, 0) is 34.1 Å². The molecule has 0 fully saturated rings. The molecule has 43 heavy (non-hydrogen) atoms. The number of carbonyl (C=O) groups is 4. The van der Waals surface area contributed by atoms with Crippen molar-refractivity contribution in [3.8, 4) is 0 Å². The molecule has 242 valence electrons. The van der Waals surface area contributed by atoms with E-state index < -0.39 is 46.4 Å². The molecule has 0 heterocycles. The molecule has 2 amide bonds. The number of hydrogen-bond donors (Lipinski definition) is 2. The SMILES string of the molecule is CCC[C@@H](C=C(C)C(=O)OCC)N(C)C(=O)[C@@H](NC(=O)C(NCC(=O)OC(C)(C)C)C(C)(C)c1ccccc1)C(C)(C)C. The van der Waals surface area contributed by atoms with Crippen LogP contribution in [0.25, 0.3) is 0 Å². The summed E-state index contributed by atoms with van der Waals surface area (Å²) in [5.41, 5.74) is -0.758. The van der Waals surface area contributed by atoms with Gasteiger partial charge in [0.05, 0.1) is 25.2 Å². The zero-order chi connectivity index (χ0) is 33.2. The predicted molar refractivity (Wildman–Crippen MR) is 170 cm³/mol. The lowest BCUT2D eigenvalue weighted by atomic mass is 9.76. The van der Waals surface area contributed by atoms with E-state index in [0.717, 1.165) is 12.0 Å². The van der Waals surface area contributed by atoms with Gasteiger partial charge in [0.15, 0.2) is 0 Å². The van der Waals surface area contributed by atoms with Crippen LogP contribution in [0.5, 0.6) is 0 Å². The first-order chi connectivity index (χ1) is 19.8. The summed E-state index contributed by atoms with van der Waals surface area (Å²) < 4.78 is 10.6. The average Bonchev–Trinajstić information content (AvgIpc) is 2.89. The molecule has 9 nitrogen and oxygen atoms in total. The number of ether oxygens (including phenoxy) is 2. The number of esters is 2. The fourth-order valence-electron chi connectivity index (χ4n) is 4.80. The largest absolute Gasteiger partial charge is 0.463 e. The normalized spacial score (nSPS) is 14.7. The standard InChI is InChI=1S/C34H55N3O6/c1-13-18-25(21-23(3)31(41)42-14-2)37(12)30(40)28(32(4,5)6)36-29(39)27(35-22-26(38)43-33(7,8)9)34(10,11)24-19-16-15-17-20-24/h15-17,19-21,25,27-28,35H,13-14,18,22H2,1-12H3,(H,36,39)/t25-,27?,28+/m0/s1. The van der Waals surface area contributed by atoms with Gasteiger partial charge >= 0.3 is 11.9 Å². The molecular weight excluding hydrogens is 546 g/mol. The molecule has 0 saturated carbocycles. The van der Waals surface area contributed by atoms with Crippen molar-refractivity contribution in [1.82, 2.24) is 15.5 Å². The molecule has 0 radical (unpaired) electrons. The van der Waals surface area contributed by atoms with Crippen molar-refractivity contribution in [2.45, 2.75) is 118 Å². The van der Waals surface area contributed by atoms with Crippen molar-refractivity contribution in [3.05, 3.63) is 47.5 Å². The second kappa shape index (κ2) is 16.0. The Hall–Kier alpha value is -3.20. The Balaban J connectivity index is 3.42. The maximum atomic E-state index is 14.1. The Morgan fingerprint density at radius 1 is 0.930 bits per heavy atom. The van der Waals surface area contributed by atoms with Gasteiger partial charge < -0.3 is 19.7 Å². The van der Waals surface area contributed by atoms with Crippen LogP contribution in [-0.4, -0.2) is 72.6 Å². The molecule has 1 unspecified atom stereocenters. The quantitative estimate of drug-likeness (QED) is 0.230. The van der Waals surface area contributed by atoms with E-state index in [9.17, 15) is 19.2 Å². The maximum absolute atomic E-state index is 14.1. The maximum Gasteiger partial charge on any atom is 0.333 e. The van der Waals surface area contributed by atoms with Gasteiger partial charge in [-0.15, -0.1) is 0 Å². The van der Waals surface area contributed by atoms with E-state index in [-0.39, 0.29) is 25.1 Å². The van der Waals surface area contributed by atoms with Crippen LogP contribution in [0.3, 0.4) is 0 Å². The molecule has 0 aliphatic carbocycles. The highest BCUT2D eigenvalue weighted by Crippen LogP contribution is 2.29. The average molecular weight is 602 g/mol. The number of likely N-dealkylation sites (N-methyl/N-ethyl adjacent to an activating group) is 1. The molecule has 2 N–H and O–H groups in total. The van der Waals surface area contributed by atoms with Crippen molar-refractivity contribution < 1.29 is 28.7 Å². The van der Waals surface area contributed by atoms with Gasteiger partial charge in [-0.05, 0) is 52.0 Å². The summed E-state index contributed by atoms with van der Waals surface area (Å²) in [5.74, 6) is -1.60. The fraction of sp³-hybridized carbons (Fsp3) is 0.647. The summed E-state index contributed by atoms with van der Waals surface area (Å²) in [7, 11) is 1.69. The van der Waals surface area contributed by atoms with Gasteiger partial charge in [-0.1, -0.05) is 84.4 Å². The highest BCUT2D eigenvalue weighted by Gasteiger charge is 2.42. The van der Waals surface area contributed by atoms with Crippen molar-refractivity contribution in [2.24, 2.45) is 5.41 Å². The minimum atomic E-state index is -0.891. The van der Waals surface area contributed by atoms with Crippen LogP contribution in [0.4, 0.5) is 0 Å². The second-order valence-corrected chi connectivity index (χ2v) is 13.7. The van der Waals surface area contributed by atoms with Gasteiger partial charge in [-0.2, -0.15) is 0 Å². The minimum absolute atomic E-state index is 0.184. The Bertz CT molecular complexity index is 1120. The molecule has 0 aromatic heterocycles. The number of hydrogen-bond acceptors (Lipinski definition) is 7. The summed E-state index contributed by atoms with van der Waals surface area (Å²) in [6.07, 6.45) is 3.17. The van der Waals surface area contributed by atoms with E-state index in [0.29, 0.717) is 12.0 Å². The molecule has 0 bridgehead atoms. The first-order valence-corrected chi connectivity index (χ1v) is 15.2. The van der Waals surface area contributed by atoms with Gasteiger partial charge in [-0.25, -0.2) is 4.79 Å². The van der Waals surface area contributed by atoms with Gasteiger partial charge in [0, 0.05) is 18.0 Å². The van der Waals surface area contributed by atoms with E-state index in [2.05, 4.69) is 10.6 Å². The molecule has 1 aromatic rings. The minimum Gasteiger partial charge on any atom is -0.463 e. The molecule has 1 aromatic carbocycles. The summed E-state index contributed by atoms with van der Waals surface area (Å²) in [5, 5.41) is 6.15. The number of carbonyl (C=O) groups excluding carboxylic acids is 4. The topological polar surface area (TPSA) is 114 Å². The van der Waals surface area contributed by atoms with Crippen molar-refractivity contribution in [2.75, 3.05) is 20.2 Å². The predicted octanol–water partition coefficient (Wildman–Crippen LogP) is 4.93. The lowest BCUT2D eigenvalue weighted by Crippen LogP contribution is -2.62. The van der Waals surface area contributed by atoms with Crippen molar-refractivity contribution in [1.29, 1.82) is 0 Å². The van der Waals surface area contributed by atoms with Gasteiger partial charge in [0.25, 0.3) is 0 Å². The summed E-state index contributed by atoms with van der Waals surface area (Å²) in [4.78, 5) is 54.7. The lowest BCUT2D eigenvalue weighted by Gasteiger charge is -2.39. The van der Waals surface area contributed by atoms with Crippen LogP contribution in [0, 0.1) is 5.41 Å². The highest BCUT2D eigenvalue weighted by molar-refractivity contribution is 5.92. The van der Waals surface area contributed by atoms with Crippen molar-refractivity contribution in [3.63, 3.8) is 0 Å². The first kappa shape index (κ1) is 37.8. The molecule has 0 saturated heterocycles. The number of nitrogens with zero attached hydrogens (tertiary/aromatic N) is 1. The van der Waals surface area contributed by atoms with E-state index in [1.54, 1.807) is 52.6 Å². The Kier molecular flexibility index (Phi) is 14.1. The van der Waals surface area contributed by atoms with Crippen LogP contribution in [0.1, 0.15) is 94.6 Å². The number of rotatable bonds is 14. The monoisotopic (exact) mass is 601 g/mol. The molecule has 9 heteroatoms. The zero-order valence-corrected chi connectivity index (χ0v) is 28.4. The number of nitrogens with one attached hydrogen (secondary N) is 2. The molecule has 1 rings (SSSR count). The Labute approximate surface area is 259 Å². The van der Waals surface area contributed by atoms with E-state index in [4.69, 9.17) is 9.47 Å². The van der Waals surface area contributed by atoms with Gasteiger partial charge in [0.2, 0.25) is 11.8 Å². The van der Waals surface area contributed by atoms with Crippen LogP contribution in [0.15, 0.2) is 42.0 Å². The van der Waals surface area contributed by atoms with Crippen LogP contribution >= 0.6 is 0 Å². The molecule has 0 aliphatic heterocycles. The third-order valence-electron chi connectivity index (χ3n) is 7.24. The molecule has 0 spiro atoms. The third kappa shape index (κ3) is 11.8. The second-order valence-electron chi connectivity index (χ2n) is 13.7. The van der Waals surface area contributed by atoms with E-state index in [1.807, 2.05) is 71.9 Å². The zero-order valence-electron chi connectivity index (χ0n) is 28.4. The van der Waals surface area contributed by atoms with Crippen LogP contribution < -0.4 is 10.6 Å². The first-order valence-electron chi connectivity index (χ1n) is 15.2. The van der Waals surface area contributed by atoms with Gasteiger partial charge in [0.1, 0.15) is 11.6 Å². The Morgan fingerprint density at radius 2 is 1.51 bits per heavy atom. The number of benzene rings is 1. The Morgan fingerprint density at radius 3 is 2.00 bits per heavy atom. The molecule has 0 aliphatic rings. The third-order valence-corrected chi connectivity index (χ3v) is 7.24. The summed E-state index contributed by atoms with van der Waals surface area (Å²) in [6.45, 7) is 20.4. The van der Waals surface area contributed by atoms with Gasteiger partial charge in [-0.3, -0.25) is 19.7 Å². The smallest absolute Gasteiger partial charge is 0.333 e. The fourth-order valence-corrected chi connectivity index (χ4v) is 4.80.